The third-order valence-corrected chi connectivity index (χ3v) is 3.02. The number of hydrogen-bond acceptors (Lipinski definition) is 4. The molecule has 2 heterocycles. The van der Waals surface area contributed by atoms with Gasteiger partial charge in [-0.2, -0.15) is 5.26 Å². The Morgan fingerprint density at radius 3 is 3.12 bits per heavy atom. The molecule has 1 fully saturated rings. The quantitative estimate of drug-likeness (QED) is 0.758. The Hall–Kier alpha value is -1.44. The normalized spacial score (nSPS) is 22.4. The highest BCUT2D eigenvalue weighted by molar-refractivity contribution is 5.25. The number of nitriles is 1. The van der Waals surface area contributed by atoms with Gasteiger partial charge >= 0.3 is 0 Å². The molecule has 0 aromatic carbocycles. The maximum Gasteiger partial charge on any atom is 0.140 e. The van der Waals surface area contributed by atoms with Crippen LogP contribution in [0.15, 0.2) is 18.3 Å². The SMILES string of the molecule is CN1CCCNCC1c1ccc(C#N)nc1. The molecule has 84 valence electrons. The summed E-state index contributed by atoms with van der Waals surface area (Å²) in [7, 11) is 2.13. The molecule has 1 aromatic heterocycles. The fraction of sp³-hybridized carbons (Fsp3) is 0.500. The molecule has 0 spiro atoms. The average molecular weight is 216 g/mol. The van der Waals surface area contributed by atoms with Gasteiger partial charge in [0.25, 0.3) is 0 Å². The summed E-state index contributed by atoms with van der Waals surface area (Å²) in [4.78, 5) is 6.46. The molecule has 1 saturated heterocycles. The van der Waals surface area contributed by atoms with Crippen LogP contribution < -0.4 is 5.32 Å². The zero-order valence-electron chi connectivity index (χ0n) is 9.48. The topological polar surface area (TPSA) is 52.0 Å². The zero-order valence-corrected chi connectivity index (χ0v) is 9.48. The van der Waals surface area contributed by atoms with Crippen LogP contribution in [-0.2, 0) is 0 Å². The summed E-state index contributed by atoms with van der Waals surface area (Å²) in [6, 6.07) is 6.19. The maximum atomic E-state index is 8.70. The van der Waals surface area contributed by atoms with Crippen molar-refractivity contribution in [2.75, 3.05) is 26.7 Å². The summed E-state index contributed by atoms with van der Waals surface area (Å²) in [6.07, 6.45) is 2.99. The first-order valence-electron chi connectivity index (χ1n) is 5.58. The van der Waals surface area contributed by atoms with E-state index in [9.17, 15) is 0 Å². The van der Waals surface area contributed by atoms with Crippen molar-refractivity contribution in [1.82, 2.24) is 15.2 Å². The number of nitrogens with one attached hydrogen (secondary N) is 1. The lowest BCUT2D eigenvalue weighted by molar-refractivity contribution is 0.261. The third kappa shape index (κ3) is 2.38. The van der Waals surface area contributed by atoms with Crippen LogP contribution in [-0.4, -0.2) is 36.6 Å². The van der Waals surface area contributed by atoms with Crippen LogP contribution >= 0.6 is 0 Å². The minimum Gasteiger partial charge on any atom is -0.315 e. The Bertz CT molecular complexity index is 379. The minimum absolute atomic E-state index is 0.364. The number of rotatable bonds is 1. The molecule has 1 aliphatic heterocycles. The van der Waals surface area contributed by atoms with Gasteiger partial charge in [0.1, 0.15) is 11.8 Å². The molecule has 1 atom stereocenters. The van der Waals surface area contributed by atoms with Crippen molar-refractivity contribution in [1.29, 1.82) is 5.26 Å². The van der Waals surface area contributed by atoms with Gasteiger partial charge in [0.05, 0.1) is 0 Å². The molecule has 0 saturated carbocycles. The second-order valence-corrected chi connectivity index (χ2v) is 4.14. The molecule has 4 nitrogen and oxygen atoms in total. The predicted molar refractivity (Wildman–Crippen MR) is 61.8 cm³/mol. The van der Waals surface area contributed by atoms with Crippen LogP contribution in [0.25, 0.3) is 0 Å². The Kier molecular flexibility index (Phi) is 3.50. The largest absolute Gasteiger partial charge is 0.315 e. The third-order valence-electron chi connectivity index (χ3n) is 3.02. The van der Waals surface area contributed by atoms with Gasteiger partial charge in [0.2, 0.25) is 0 Å². The van der Waals surface area contributed by atoms with E-state index in [-0.39, 0.29) is 0 Å². The van der Waals surface area contributed by atoms with Gasteiger partial charge < -0.3 is 5.32 Å². The Labute approximate surface area is 95.9 Å². The standard InChI is InChI=1S/C12H16N4/c1-16-6-2-5-14-9-12(16)10-3-4-11(7-13)15-8-10/h3-4,8,12,14H,2,5-6,9H2,1H3. The smallest absolute Gasteiger partial charge is 0.140 e. The van der Waals surface area contributed by atoms with Crippen molar-refractivity contribution in [3.8, 4) is 6.07 Å². The molecule has 1 aromatic rings. The first kappa shape index (κ1) is 11.1. The van der Waals surface area contributed by atoms with Crippen LogP contribution in [0.4, 0.5) is 0 Å². The van der Waals surface area contributed by atoms with Crippen molar-refractivity contribution >= 4 is 0 Å². The van der Waals surface area contributed by atoms with E-state index in [1.54, 1.807) is 6.07 Å². The van der Waals surface area contributed by atoms with Crippen LogP contribution in [0.3, 0.4) is 0 Å². The molecule has 0 aliphatic carbocycles. The summed E-state index contributed by atoms with van der Waals surface area (Å²) in [5.41, 5.74) is 1.66. The molecule has 4 heteroatoms. The molecule has 1 aliphatic rings. The van der Waals surface area contributed by atoms with Crippen LogP contribution in [0, 0.1) is 11.3 Å². The van der Waals surface area contributed by atoms with E-state index < -0.39 is 0 Å². The molecule has 0 bridgehead atoms. The highest BCUT2D eigenvalue weighted by atomic mass is 15.2. The molecular formula is C12H16N4. The number of pyridine rings is 1. The van der Waals surface area contributed by atoms with Crippen molar-refractivity contribution in [3.63, 3.8) is 0 Å². The number of aromatic nitrogens is 1. The van der Waals surface area contributed by atoms with E-state index in [1.165, 1.54) is 12.0 Å². The van der Waals surface area contributed by atoms with Crippen molar-refractivity contribution < 1.29 is 0 Å². The van der Waals surface area contributed by atoms with E-state index in [2.05, 4.69) is 22.2 Å². The van der Waals surface area contributed by atoms with Gasteiger partial charge in [0, 0.05) is 18.8 Å². The second kappa shape index (κ2) is 5.06. The predicted octanol–water partition coefficient (Wildman–Crippen LogP) is 0.919. The number of nitrogens with zero attached hydrogens (tertiary/aromatic N) is 3. The summed E-state index contributed by atoms with van der Waals surface area (Å²) in [6.45, 7) is 3.12. The maximum absolute atomic E-state index is 8.70. The van der Waals surface area contributed by atoms with E-state index in [1.807, 2.05) is 18.3 Å². The fourth-order valence-corrected chi connectivity index (χ4v) is 2.04. The summed E-state index contributed by atoms with van der Waals surface area (Å²) in [5.74, 6) is 0. The van der Waals surface area contributed by atoms with E-state index in [4.69, 9.17) is 5.26 Å². The van der Waals surface area contributed by atoms with Crippen molar-refractivity contribution in [2.45, 2.75) is 12.5 Å². The molecule has 0 amide bonds. The lowest BCUT2D eigenvalue weighted by atomic mass is 10.1. The highest BCUT2D eigenvalue weighted by Crippen LogP contribution is 2.19. The molecular weight excluding hydrogens is 200 g/mol. The lowest BCUT2D eigenvalue weighted by Gasteiger charge is -2.25. The van der Waals surface area contributed by atoms with Crippen molar-refractivity contribution in [3.05, 3.63) is 29.6 Å². The number of hydrogen-bond donors (Lipinski definition) is 1. The fourth-order valence-electron chi connectivity index (χ4n) is 2.04. The molecule has 16 heavy (non-hydrogen) atoms. The number of likely N-dealkylation sites (N-methyl/N-ethyl adjacent to an activating group) is 1. The molecule has 2 rings (SSSR count). The minimum atomic E-state index is 0.364. The van der Waals surface area contributed by atoms with Gasteiger partial charge in [-0.1, -0.05) is 6.07 Å². The summed E-state index contributed by atoms with van der Waals surface area (Å²) < 4.78 is 0. The average Bonchev–Trinajstić information content (AvgIpc) is 2.54. The van der Waals surface area contributed by atoms with E-state index in [0.29, 0.717) is 11.7 Å². The van der Waals surface area contributed by atoms with Gasteiger partial charge in [-0.15, -0.1) is 0 Å². The Morgan fingerprint density at radius 1 is 1.56 bits per heavy atom. The summed E-state index contributed by atoms with van der Waals surface area (Å²) in [5, 5.41) is 12.1. The highest BCUT2D eigenvalue weighted by Gasteiger charge is 2.19. The molecule has 1 N–H and O–H groups in total. The molecule has 0 radical (unpaired) electrons. The molecule has 1 unspecified atom stereocenters. The summed E-state index contributed by atoms with van der Waals surface area (Å²) >= 11 is 0. The van der Waals surface area contributed by atoms with E-state index >= 15 is 0 Å². The Morgan fingerprint density at radius 2 is 2.44 bits per heavy atom. The van der Waals surface area contributed by atoms with Crippen molar-refractivity contribution in [2.24, 2.45) is 0 Å². The van der Waals surface area contributed by atoms with Crippen LogP contribution in [0.2, 0.25) is 0 Å². The first-order valence-corrected chi connectivity index (χ1v) is 5.58. The lowest BCUT2D eigenvalue weighted by Crippen LogP contribution is -2.29. The zero-order chi connectivity index (χ0) is 11.4. The first-order chi connectivity index (χ1) is 7.81. The van der Waals surface area contributed by atoms with E-state index in [0.717, 1.165) is 19.6 Å². The van der Waals surface area contributed by atoms with Gasteiger partial charge in [-0.3, -0.25) is 4.90 Å². The van der Waals surface area contributed by atoms with Crippen LogP contribution in [0.5, 0.6) is 0 Å². The van der Waals surface area contributed by atoms with Gasteiger partial charge in [0.15, 0.2) is 0 Å². The van der Waals surface area contributed by atoms with Gasteiger partial charge in [-0.25, -0.2) is 4.98 Å². The Balaban J connectivity index is 2.18. The van der Waals surface area contributed by atoms with Crippen LogP contribution in [0.1, 0.15) is 23.7 Å². The monoisotopic (exact) mass is 216 g/mol. The second-order valence-electron chi connectivity index (χ2n) is 4.14. The van der Waals surface area contributed by atoms with Gasteiger partial charge in [-0.05, 0) is 38.2 Å².